The minimum absolute atomic E-state index is 0.276. The van der Waals surface area contributed by atoms with Gasteiger partial charge in [-0.15, -0.1) is 0 Å². The predicted molar refractivity (Wildman–Crippen MR) is 74.8 cm³/mol. The molecule has 2 aromatic rings. The van der Waals surface area contributed by atoms with E-state index < -0.39 is 5.82 Å². The van der Waals surface area contributed by atoms with Crippen molar-refractivity contribution >= 4 is 11.7 Å². The molecular weight excluding hydrogens is 275 g/mol. The van der Waals surface area contributed by atoms with E-state index in [-0.39, 0.29) is 17.4 Å². The largest absolute Gasteiger partial charge is 0.383 e. The summed E-state index contributed by atoms with van der Waals surface area (Å²) in [7, 11) is 1.54. The molecule has 0 saturated carbocycles. The van der Waals surface area contributed by atoms with Crippen LogP contribution in [0.4, 0.5) is 4.39 Å². The number of halogens is 1. The second kappa shape index (κ2) is 6.81. The summed E-state index contributed by atoms with van der Waals surface area (Å²) in [6, 6.07) is 6.72. The van der Waals surface area contributed by atoms with E-state index in [1.165, 1.54) is 36.5 Å². The molecular formula is C15H15FN2O3. The van der Waals surface area contributed by atoms with Gasteiger partial charge in [-0.05, 0) is 30.3 Å². The van der Waals surface area contributed by atoms with E-state index in [9.17, 15) is 14.0 Å². The molecule has 6 heteroatoms. The minimum atomic E-state index is -0.404. The van der Waals surface area contributed by atoms with Crippen LogP contribution in [0.1, 0.15) is 26.4 Å². The number of amides is 1. The van der Waals surface area contributed by atoms with Crippen molar-refractivity contribution < 1.29 is 18.7 Å². The summed E-state index contributed by atoms with van der Waals surface area (Å²) in [6.45, 7) is 0.795. The van der Waals surface area contributed by atoms with Crippen molar-refractivity contribution in [2.45, 2.75) is 0 Å². The molecule has 1 heterocycles. The van der Waals surface area contributed by atoms with Gasteiger partial charge in [-0.1, -0.05) is 0 Å². The van der Waals surface area contributed by atoms with Gasteiger partial charge in [-0.25, -0.2) is 4.39 Å². The van der Waals surface area contributed by atoms with Gasteiger partial charge in [0.25, 0.3) is 5.91 Å². The highest BCUT2D eigenvalue weighted by molar-refractivity contribution is 6.10. The quantitative estimate of drug-likeness (QED) is 0.629. The highest BCUT2D eigenvalue weighted by atomic mass is 19.1. The van der Waals surface area contributed by atoms with E-state index in [4.69, 9.17) is 4.74 Å². The third kappa shape index (κ3) is 3.76. The standard InChI is InChI=1S/C15H15FN2O3/c1-21-7-6-17-15(20)13-8-11(9-18-13)14(19)10-2-4-12(16)5-3-10/h2-5,8-9,18H,6-7H2,1H3,(H,17,20). The van der Waals surface area contributed by atoms with Gasteiger partial charge in [0, 0.05) is 31.0 Å². The van der Waals surface area contributed by atoms with Gasteiger partial charge < -0.3 is 15.0 Å². The Bertz CT molecular complexity index is 635. The van der Waals surface area contributed by atoms with Crippen molar-refractivity contribution in [2.75, 3.05) is 20.3 Å². The van der Waals surface area contributed by atoms with Gasteiger partial charge in [0.15, 0.2) is 5.78 Å². The Morgan fingerprint density at radius 2 is 1.95 bits per heavy atom. The monoisotopic (exact) mass is 290 g/mol. The van der Waals surface area contributed by atoms with E-state index >= 15 is 0 Å². The topological polar surface area (TPSA) is 71.2 Å². The third-order valence-electron chi connectivity index (χ3n) is 2.89. The molecule has 1 aromatic carbocycles. The minimum Gasteiger partial charge on any atom is -0.383 e. The number of hydrogen-bond donors (Lipinski definition) is 2. The highest BCUT2D eigenvalue weighted by Crippen LogP contribution is 2.12. The zero-order valence-corrected chi connectivity index (χ0v) is 11.5. The first kappa shape index (κ1) is 14.9. The average Bonchev–Trinajstić information content (AvgIpc) is 2.97. The summed E-state index contributed by atoms with van der Waals surface area (Å²) >= 11 is 0. The van der Waals surface area contributed by atoms with Crippen LogP contribution in [0.15, 0.2) is 36.5 Å². The van der Waals surface area contributed by atoms with E-state index in [0.29, 0.717) is 24.3 Å². The lowest BCUT2D eigenvalue weighted by molar-refractivity contribution is 0.0932. The van der Waals surface area contributed by atoms with Crippen LogP contribution >= 0.6 is 0 Å². The molecule has 0 aliphatic heterocycles. The maximum Gasteiger partial charge on any atom is 0.267 e. The molecule has 1 amide bonds. The van der Waals surface area contributed by atoms with Gasteiger partial charge in [-0.3, -0.25) is 9.59 Å². The van der Waals surface area contributed by atoms with Crippen molar-refractivity contribution in [3.05, 3.63) is 59.2 Å². The molecule has 1 aromatic heterocycles. The van der Waals surface area contributed by atoms with Gasteiger partial charge in [0.2, 0.25) is 0 Å². The number of hydrogen-bond acceptors (Lipinski definition) is 3. The fraction of sp³-hybridized carbons (Fsp3) is 0.200. The molecule has 2 rings (SSSR count). The molecule has 0 bridgehead atoms. The average molecular weight is 290 g/mol. The fourth-order valence-electron chi connectivity index (χ4n) is 1.79. The predicted octanol–water partition coefficient (Wildman–Crippen LogP) is 1.76. The molecule has 0 spiro atoms. The summed E-state index contributed by atoms with van der Waals surface area (Å²) in [5.41, 5.74) is 0.997. The summed E-state index contributed by atoms with van der Waals surface area (Å²) in [4.78, 5) is 26.7. The maximum atomic E-state index is 12.8. The summed E-state index contributed by atoms with van der Waals surface area (Å²) in [5.74, 6) is -0.994. The summed E-state index contributed by atoms with van der Waals surface area (Å²) in [5, 5.41) is 2.64. The van der Waals surface area contributed by atoms with Crippen LogP contribution in [0.25, 0.3) is 0 Å². The number of aromatic amines is 1. The van der Waals surface area contributed by atoms with E-state index in [1.54, 1.807) is 7.11 Å². The Morgan fingerprint density at radius 1 is 1.24 bits per heavy atom. The maximum absolute atomic E-state index is 12.8. The normalized spacial score (nSPS) is 10.4. The van der Waals surface area contributed by atoms with Crippen molar-refractivity contribution in [3.63, 3.8) is 0 Å². The zero-order valence-electron chi connectivity index (χ0n) is 11.5. The Hall–Kier alpha value is -2.47. The molecule has 0 fully saturated rings. The molecule has 0 atom stereocenters. The van der Waals surface area contributed by atoms with Crippen LogP contribution in [0.2, 0.25) is 0 Å². The lowest BCUT2D eigenvalue weighted by Gasteiger charge is -2.01. The van der Waals surface area contributed by atoms with Crippen molar-refractivity contribution in [1.82, 2.24) is 10.3 Å². The van der Waals surface area contributed by atoms with Crippen LogP contribution < -0.4 is 5.32 Å². The lowest BCUT2D eigenvalue weighted by atomic mass is 10.1. The van der Waals surface area contributed by atoms with Crippen LogP contribution in [-0.4, -0.2) is 36.9 Å². The molecule has 0 unspecified atom stereocenters. The number of ketones is 1. The van der Waals surface area contributed by atoms with Crippen LogP contribution in [0, 0.1) is 5.82 Å². The number of nitrogens with one attached hydrogen (secondary N) is 2. The van der Waals surface area contributed by atoms with E-state index in [1.807, 2.05) is 0 Å². The second-order valence-corrected chi connectivity index (χ2v) is 4.39. The number of rotatable bonds is 6. The molecule has 0 aliphatic rings. The Morgan fingerprint density at radius 3 is 2.62 bits per heavy atom. The van der Waals surface area contributed by atoms with Gasteiger partial charge in [-0.2, -0.15) is 0 Å². The molecule has 5 nitrogen and oxygen atoms in total. The third-order valence-corrected chi connectivity index (χ3v) is 2.89. The van der Waals surface area contributed by atoms with E-state index in [0.717, 1.165) is 0 Å². The summed E-state index contributed by atoms with van der Waals surface area (Å²) in [6.07, 6.45) is 1.46. The number of H-pyrrole nitrogens is 1. The number of ether oxygens (including phenoxy) is 1. The first-order valence-corrected chi connectivity index (χ1v) is 6.37. The molecule has 2 N–H and O–H groups in total. The Labute approximate surface area is 121 Å². The Kier molecular flexibility index (Phi) is 4.84. The molecule has 0 aliphatic carbocycles. The zero-order chi connectivity index (χ0) is 15.2. The Balaban J connectivity index is 2.07. The smallest absolute Gasteiger partial charge is 0.267 e. The van der Waals surface area contributed by atoms with E-state index in [2.05, 4.69) is 10.3 Å². The fourth-order valence-corrected chi connectivity index (χ4v) is 1.79. The number of carbonyl (C=O) groups is 2. The number of methoxy groups -OCH3 is 1. The summed E-state index contributed by atoms with van der Waals surface area (Å²) < 4.78 is 17.7. The molecule has 110 valence electrons. The second-order valence-electron chi connectivity index (χ2n) is 4.39. The van der Waals surface area contributed by atoms with Gasteiger partial charge in [0.1, 0.15) is 11.5 Å². The molecule has 21 heavy (non-hydrogen) atoms. The lowest BCUT2D eigenvalue weighted by Crippen LogP contribution is -2.27. The van der Waals surface area contributed by atoms with Crippen molar-refractivity contribution in [2.24, 2.45) is 0 Å². The van der Waals surface area contributed by atoms with Crippen LogP contribution in [-0.2, 0) is 4.74 Å². The number of carbonyl (C=O) groups excluding carboxylic acids is 2. The SMILES string of the molecule is COCCNC(=O)c1cc(C(=O)c2ccc(F)cc2)c[nH]1. The van der Waals surface area contributed by atoms with Crippen LogP contribution in [0.3, 0.4) is 0 Å². The first-order chi connectivity index (χ1) is 10.1. The number of aromatic nitrogens is 1. The van der Waals surface area contributed by atoms with Gasteiger partial charge >= 0.3 is 0 Å². The highest BCUT2D eigenvalue weighted by Gasteiger charge is 2.14. The van der Waals surface area contributed by atoms with Crippen LogP contribution in [0.5, 0.6) is 0 Å². The first-order valence-electron chi connectivity index (χ1n) is 6.37. The molecule has 0 saturated heterocycles. The number of benzene rings is 1. The van der Waals surface area contributed by atoms with Crippen molar-refractivity contribution in [3.8, 4) is 0 Å². The van der Waals surface area contributed by atoms with Gasteiger partial charge in [0.05, 0.1) is 6.61 Å². The molecule has 0 radical (unpaired) electrons. The van der Waals surface area contributed by atoms with Crippen molar-refractivity contribution in [1.29, 1.82) is 0 Å².